The van der Waals surface area contributed by atoms with Crippen LogP contribution in [0, 0.1) is 0 Å². The zero-order valence-electron chi connectivity index (χ0n) is 9.05. The molecular weight excluding hydrogens is 212 g/mol. The highest BCUT2D eigenvalue weighted by molar-refractivity contribution is 5.33. The number of aromatic nitrogens is 2. The van der Waals surface area contributed by atoms with E-state index in [-0.39, 0.29) is 13.0 Å². The number of halogens is 2. The molecule has 2 N–H and O–H groups in total. The number of nitrogens with zero attached hydrogens (tertiary/aromatic N) is 2. The summed E-state index contributed by atoms with van der Waals surface area (Å²) in [5.74, 6) is -1.72. The average molecular weight is 227 g/mol. The van der Waals surface area contributed by atoms with Crippen LogP contribution < -0.4 is 5.73 Å². The van der Waals surface area contributed by atoms with Crippen molar-refractivity contribution < 1.29 is 8.78 Å². The van der Waals surface area contributed by atoms with Gasteiger partial charge in [0.2, 0.25) is 0 Å². The molecule has 0 radical (unpaired) electrons. The first-order chi connectivity index (χ1) is 7.59. The number of fused-ring (bicyclic) bond motifs is 1. The summed E-state index contributed by atoms with van der Waals surface area (Å²) in [7, 11) is 0. The van der Waals surface area contributed by atoms with E-state index in [1.54, 1.807) is 6.20 Å². The highest BCUT2D eigenvalue weighted by Crippen LogP contribution is 2.60. The Kier molecular flexibility index (Phi) is 1.93. The molecule has 2 aliphatic rings. The Morgan fingerprint density at radius 3 is 2.75 bits per heavy atom. The maximum Gasteiger partial charge on any atom is 0.261 e. The van der Waals surface area contributed by atoms with Crippen molar-refractivity contribution in [2.75, 3.05) is 6.54 Å². The smallest absolute Gasteiger partial charge is 0.261 e. The minimum absolute atomic E-state index is 0.0174. The Morgan fingerprint density at radius 2 is 2.19 bits per heavy atom. The van der Waals surface area contributed by atoms with Crippen LogP contribution in [-0.2, 0) is 18.4 Å². The van der Waals surface area contributed by atoms with Gasteiger partial charge in [-0.05, 0) is 12.8 Å². The van der Waals surface area contributed by atoms with Gasteiger partial charge in [0.1, 0.15) is 5.82 Å². The first-order valence-corrected chi connectivity index (χ1v) is 5.73. The maximum absolute atomic E-state index is 13.4. The van der Waals surface area contributed by atoms with Crippen LogP contribution in [-0.4, -0.2) is 22.0 Å². The van der Waals surface area contributed by atoms with Crippen molar-refractivity contribution in [1.82, 2.24) is 9.55 Å². The normalized spacial score (nSPS) is 31.2. The van der Waals surface area contributed by atoms with E-state index in [2.05, 4.69) is 4.98 Å². The quantitative estimate of drug-likeness (QED) is 0.831. The zero-order valence-corrected chi connectivity index (χ0v) is 9.05. The number of rotatable bonds is 2. The van der Waals surface area contributed by atoms with Gasteiger partial charge in [0.15, 0.2) is 0 Å². The van der Waals surface area contributed by atoms with E-state index in [0.717, 1.165) is 31.6 Å². The summed E-state index contributed by atoms with van der Waals surface area (Å²) < 4.78 is 28.8. The Labute approximate surface area is 92.6 Å². The molecule has 0 spiro atoms. The van der Waals surface area contributed by atoms with Gasteiger partial charge in [-0.2, -0.15) is 0 Å². The summed E-state index contributed by atoms with van der Waals surface area (Å²) >= 11 is 0. The summed E-state index contributed by atoms with van der Waals surface area (Å²) in [4.78, 5) is 4.35. The number of hydrogen-bond acceptors (Lipinski definition) is 2. The van der Waals surface area contributed by atoms with Crippen molar-refractivity contribution in [3.63, 3.8) is 0 Å². The molecule has 1 unspecified atom stereocenters. The van der Waals surface area contributed by atoms with E-state index in [9.17, 15) is 8.78 Å². The molecule has 88 valence electrons. The highest BCUT2D eigenvalue weighted by atomic mass is 19.3. The maximum atomic E-state index is 13.4. The van der Waals surface area contributed by atoms with Crippen molar-refractivity contribution in [1.29, 1.82) is 0 Å². The lowest BCUT2D eigenvalue weighted by Crippen LogP contribution is -2.27. The predicted molar refractivity (Wildman–Crippen MR) is 55.5 cm³/mol. The molecule has 1 atom stereocenters. The minimum Gasteiger partial charge on any atom is -0.335 e. The lowest BCUT2D eigenvalue weighted by Gasteiger charge is -2.12. The van der Waals surface area contributed by atoms with E-state index in [1.807, 2.05) is 4.57 Å². The summed E-state index contributed by atoms with van der Waals surface area (Å²) in [6.45, 7) is 0.880. The second kappa shape index (κ2) is 3.03. The van der Waals surface area contributed by atoms with E-state index >= 15 is 0 Å². The molecule has 0 bridgehead atoms. The van der Waals surface area contributed by atoms with E-state index < -0.39 is 11.3 Å². The van der Waals surface area contributed by atoms with Crippen LogP contribution in [0.2, 0.25) is 0 Å². The third kappa shape index (κ3) is 1.18. The fourth-order valence-corrected chi connectivity index (χ4v) is 2.58. The topological polar surface area (TPSA) is 43.8 Å². The molecular formula is C11H15F2N3. The van der Waals surface area contributed by atoms with Gasteiger partial charge >= 0.3 is 0 Å². The largest absolute Gasteiger partial charge is 0.335 e. The first-order valence-electron chi connectivity index (χ1n) is 5.73. The highest BCUT2D eigenvalue weighted by Gasteiger charge is 2.72. The molecule has 1 aliphatic heterocycles. The molecule has 1 aromatic rings. The van der Waals surface area contributed by atoms with Gasteiger partial charge in [0.05, 0.1) is 11.1 Å². The Balaban J connectivity index is 1.98. The van der Waals surface area contributed by atoms with E-state index in [0.29, 0.717) is 5.69 Å². The van der Waals surface area contributed by atoms with Crippen molar-refractivity contribution in [2.45, 2.75) is 43.6 Å². The summed E-state index contributed by atoms with van der Waals surface area (Å²) in [6.07, 6.45) is 4.73. The van der Waals surface area contributed by atoms with Crippen LogP contribution in [0.3, 0.4) is 0 Å². The Bertz CT molecular complexity index is 403. The second-order valence-electron chi connectivity index (χ2n) is 4.86. The van der Waals surface area contributed by atoms with Crippen LogP contribution in [0.4, 0.5) is 8.78 Å². The van der Waals surface area contributed by atoms with Gasteiger partial charge in [-0.1, -0.05) is 0 Å². The third-order valence-electron chi connectivity index (χ3n) is 3.85. The number of hydrogen-bond donors (Lipinski definition) is 1. The molecule has 1 saturated carbocycles. The number of aryl methyl sites for hydroxylation is 2. The molecule has 2 heterocycles. The molecule has 0 aromatic carbocycles. The zero-order chi connectivity index (χ0) is 11.4. The molecule has 5 heteroatoms. The van der Waals surface area contributed by atoms with Gasteiger partial charge < -0.3 is 10.3 Å². The lowest BCUT2D eigenvalue weighted by molar-refractivity contribution is 0.0887. The standard InChI is InChI=1S/C11H15F2N3/c12-11(13)6-10(11,7-14)8-5-16-4-2-1-3-9(16)15-8/h5H,1-4,6-7,14H2. The van der Waals surface area contributed by atoms with E-state index in [4.69, 9.17) is 5.73 Å². The molecule has 0 saturated heterocycles. The van der Waals surface area contributed by atoms with Crippen LogP contribution >= 0.6 is 0 Å². The van der Waals surface area contributed by atoms with Gasteiger partial charge in [-0.25, -0.2) is 13.8 Å². The summed E-state index contributed by atoms with van der Waals surface area (Å²) in [6, 6.07) is 0. The third-order valence-corrected chi connectivity index (χ3v) is 3.85. The minimum atomic E-state index is -2.66. The van der Waals surface area contributed by atoms with Crippen LogP contribution in [0.1, 0.15) is 30.8 Å². The molecule has 1 aliphatic carbocycles. The first kappa shape index (κ1) is 10.2. The SMILES string of the molecule is NCC1(c2cn3c(n2)CCCC3)CC1(F)F. The number of alkyl halides is 2. The summed E-state index contributed by atoms with van der Waals surface area (Å²) in [5, 5.41) is 0. The molecule has 3 nitrogen and oxygen atoms in total. The van der Waals surface area contributed by atoms with Gasteiger partial charge in [0.25, 0.3) is 5.92 Å². The fourth-order valence-electron chi connectivity index (χ4n) is 2.58. The molecule has 3 rings (SSSR count). The Morgan fingerprint density at radius 1 is 1.44 bits per heavy atom. The van der Waals surface area contributed by atoms with Crippen molar-refractivity contribution >= 4 is 0 Å². The van der Waals surface area contributed by atoms with Crippen LogP contribution in [0.25, 0.3) is 0 Å². The number of imidazole rings is 1. The van der Waals surface area contributed by atoms with Gasteiger partial charge in [0, 0.05) is 32.1 Å². The molecule has 1 fully saturated rings. The molecule has 16 heavy (non-hydrogen) atoms. The molecule has 0 amide bonds. The fraction of sp³-hybridized carbons (Fsp3) is 0.727. The monoisotopic (exact) mass is 227 g/mol. The van der Waals surface area contributed by atoms with Gasteiger partial charge in [-0.15, -0.1) is 0 Å². The van der Waals surface area contributed by atoms with Crippen LogP contribution in [0.15, 0.2) is 6.20 Å². The van der Waals surface area contributed by atoms with E-state index in [1.165, 1.54) is 0 Å². The second-order valence-corrected chi connectivity index (χ2v) is 4.86. The van der Waals surface area contributed by atoms with Crippen molar-refractivity contribution in [3.05, 3.63) is 17.7 Å². The summed E-state index contributed by atoms with van der Waals surface area (Å²) in [5.41, 5.74) is 4.83. The van der Waals surface area contributed by atoms with Crippen molar-refractivity contribution in [3.8, 4) is 0 Å². The number of nitrogens with two attached hydrogens (primary N) is 1. The average Bonchev–Trinajstić information content (AvgIpc) is 2.67. The van der Waals surface area contributed by atoms with Gasteiger partial charge in [-0.3, -0.25) is 0 Å². The van der Waals surface area contributed by atoms with Crippen molar-refractivity contribution in [2.24, 2.45) is 5.73 Å². The lowest BCUT2D eigenvalue weighted by atomic mass is 10.0. The van der Waals surface area contributed by atoms with Crippen LogP contribution in [0.5, 0.6) is 0 Å². The Hall–Kier alpha value is -0.970. The molecule has 1 aromatic heterocycles. The predicted octanol–water partition coefficient (Wildman–Crippen LogP) is 1.45.